The fourth-order valence-corrected chi connectivity index (χ4v) is 4.02. The highest BCUT2D eigenvalue weighted by atomic mass is 35.5. The highest BCUT2D eigenvalue weighted by molar-refractivity contribution is 5.96. The zero-order valence-corrected chi connectivity index (χ0v) is 21.8. The van der Waals surface area contributed by atoms with Crippen LogP contribution in [-0.4, -0.2) is 85.1 Å². The van der Waals surface area contributed by atoms with Crippen LogP contribution < -0.4 is 15.8 Å². The molecule has 200 valence electrons. The molecule has 0 saturated carbocycles. The number of likely N-dealkylation sites (tertiary alicyclic amines) is 1. The predicted molar refractivity (Wildman–Crippen MR) is 137 cm³/mol. The van der Waals surface area contributed by atoms with Crippen LogP contribution in [0, 0.1) is 11.8 Å². The summed E-state index contributed by atoms with van der Waals surface area (Å²) in [6.45, 7) is 6.01. The lowest BCUT2D eigenvalue weighted by molar-refractivity contribution is -0.129. The molecule has 0 radical (unpaired) electrons. The summed E-state index contributed by atoms with van der Waals surface area (Å²) in [7, 11) is 1.66. The standard InChI is InChI=1S/C25H41N3O6.ClH/c1-17(2)18(12-21(26)22(30)16-28-15-19(29)13-24(28)31)14-27-25(32)20-8-4-5-9-23(20)34-11-7-6-10-33-3;/h4-5,8-9,17-19,21-22,29-30H,6-7,10-16,26H2,1-3H3,(H,27,32);1H. The van der Waals surface area contributed by atoms with Gasteiger partial charge >= 0.3 is 0 Å². The van der Waals surface area contributed by atoms with E-state index in [4.69, 9.17) is 15.2 Å². The third-order valence-electron chi connectivity index (χ3n) is 6.27. The molecule has 2 rings (SSSR count). The van der Waals surface area contributed by atoms with Crippen LogP contribution in [-0.2, 0) is 9.53 Å². The number of carbonyl (C=O) groups excluding carboxylic acids is 2. The molecule has 1 aliphatic heterocycles. The molecule has 4 unspecified atom stereocenters. The Hall–Kier alpha value is -1.91. The number of para-hydroxylation sites is 1. The van der Waals surface area contributed by atoms with Crippen LogP contribution in [0.1, 0.15) is 49.9 Å². The molecule has 1 aliphatic rings. The summed E-state index contributed by atoms with van der Waals surface area (Å²) in [4.78, 5) is 26.2. The molecule has 1 fully saturated rings. The molecule has 0 aliphatic carbocycles. The van der Waals surface area contributed by atoms with Crippen molar-refractivity contribution in [3.05, 3.63) is 29.8 Å². The second-order valence-electron chi connectivity index (χ2n) is 9.38. The monoisotopic (exact) mass is 515 g/mol. The molecule has 10 heteroatoms. The number of benzene rings is 1. The number of ether oxygens (including phenoxy) is 2. The number of hydrogen-bond acceptors (Lipinski definition) is 7. The Morgan fingerprint density at radius 1 is 1.26 bits per heavy atom. The number of aliphatic hydroxyl groups is 2. The molecule has 0 aromatic heterocycles. The van der Waals surface area contributed by atoms with Gasteiger partial charge in [0.15, 0.2) is 0 Å². The van der Waals surface area contributed by atoms with Gasteiger partial charge in [0.05, 0.1) is 30.8 Å². The molecular formula is C25H42ClN3O6. The first kappa shape index (κ1) is 31.1. The number of unbranched alkanes of at least 4 members (excludes halogenated alkanes) is 1. The second kappa shape index (κ2) is 16.0. The quantitative estimate of drug-likeness (QED) is 0.260. The number of nitrogens with zero attached hydrogens (tertiary/aromatic N) is 1. The van der Waals surface area contributed by atoms with Gasteiger partial charge in [0.2, 0.25) is 5.91 Å². The van der Waals surface area contributed by atoms with Crippen LogP contribution >= 0.6 is 12.4 Å². The van der Waals surface area contributed by atoms with Crippen LogP contribution in [0.4, 0.5) is 0 Å². The highest BCUT2D eigenvalue weighted by Crippen LogP contribution is 2.21. The van der Waals surface area contributed by atoms with E-state index in [-0.39, 0.29) is 55.6 Å². The summed E-state index contributed by atoms with van der Waals surface area (Å²) in [6, 6.07) is 6.60. The van der Waals surface area contributed by atoms with Crippen molar-refractivity contribution in [2.45, 2.75) is 57.8 Å². The Kier molecular flexibility index (Phi) is 14.2. The van der Waals surface area contributed by atoms with Crippen LogP contribution in [0.3, 0.4) is 0 Å². The van der Waals surface area contributed by atoms with Gasteiger partial charge in [-0.1, -0.05) is 26.0 Å². The zero-order chi connectivity index (χ0) is 25.1. The minimum atomic E-state index is -0.904. The Morgan fingerprint density at radius 2 is 1.94 bits per heavy atom. The van der Waals surface area contributed by atoms with E-state index in [9.17, 15) is 19.8 Å². The number of nitrogens with one attached hydrogen (secondary N) is 1. The van der Waals surface area contributed by atoms with Crippen LogP contribution in [0.25, 0.3) is 0 Å². The molecule has 1 saturated heterocycles. The van der Waals surface area contributed by atoms with E-state index in [0.29, 0.717) is 37.5 Å². The maximum Gasteiger partial charge on any atom is 0.255 e. The Morgan fingerprint density at radius 3 is 2.57 bits per heavy atom. The Bertz CT molecular complexity index is 781. The third-order valence-corrected chi connectivity index (χ3v) is 6.27. The van der Waals surface area contributed by atoms with E-state index in [0.717, 1.165) is 12.8 Å². The maximum atomic E-state index is 12.9. The van der Waals surface area contributed by atoms with E-state index >= 15 is 0 Å². The number of halogens is 1. The van der Waals surface area contributed by atoms with Gasteiger partial charge in [-0.05, 0) is 43.2 Å². The van der Waals surface area contributed by atoms with E-state index < -0.39 is 18.2 Å². The molecule has 5 N–H and O–H groups in total. The average molecular weight is 516 g/mol. The number of hydrogen-bond donors (Lipinski definition) is 4. The average Bonchev–Trinajstić information content (AvgIpc) is 3.12. The van der Waals surface area contributed by atoms with E-state index in [1.165, 1.54) is 4.90 Å². The maximum absolute atomic E-state index is 12.9. The normalized spacial score (nSPS) is 18.2. The van der Waals surface area contributed by atoms with Crippen molar-refractivity contribution in [3.63, 3.8) is 0 Å². The van der Waals surface area contributed by atoms with Gasteiger partial charge in [0, 0.05) is 39.4 Å². The van der Waals surface area contributed by atoms with E-state index in [2.05, 4.69) is 5.32 Å². The van der Waals surface area contributed by atoms with Crippen molar-refractivity contribution < 1.29 is 29.3 Å². The van der Waals surface area contributed by atoms with Crippen molar-refractivity contribution in [2.75, 3.05) is 40.0 Å². The fraction of sp³-hybridized carbons (Fsp3) is 0.680. The molecule has 2 amide bonds. The summed E-state index contributed by atoms with van der Waals surface area (Å²) in [6.07, 6.45) is 0.702. The number of amides is 2. The minimum absolute atomic E-state index is 0. The van der Waals surface area contributed by atoms with Gasteiger partial charge in [0.25, 0.3) is 5.91 Å². The molecule has 1 aromatic rings. The first-order valence-corrected chi connectivity index (χ1v) is 12.1. The van der Waals surface area contributed by atoms with Crippen molar-refractivity contribution in [1.82, 2.24) is 10.2 Å². The van der Waals surface area contributed by atoms with Gasteiger partial charge in [-0.15, -0.1) is 12.4 Å². The molecule has 1 heterocycles. The largest absolute Gasteiger partial charge is 0.493 e. The lowest BCUT2D eigenvalue weighted by Gasteiger charge is -2.29. The molecule has 4 atom stereocenters. The number of rotatable bonds is 15. The lowest BCUT2D eigenvalue weighted by Crippen LogP contribution is -2.46. The SMILES string of the molecule is COCCCCOc1ccccc1C(=O)NCC(CC(N)C(O)CN1CC(O)CC1=O)C(C)C.Cl. The third kappa shape index (κ3) is 10.3. The fourth-order valence-electron chi connectivity index (χ4n) is 4.02. The van der Waals surface area contributed by atoms with Gasteiger partial charge in [-0.3, -0.25) is 9.59 Å². The molecule has 0 bridgehead atoms. The van der Waals surface area contributed by atoms with Crippen molar-refractivity contribution >= 4 is 24.2 Å². The Balaban J connectivity index is 0.00000612. The van der Waals surface area contributed by atoms with Crippen molar-refractivity contribution in [2.24, 2.45) is 17.6 Å². The van der Waals surface area contributed by atoms with Crippen molar-refractivity contribution in [3.8, 4) is 5.75 Å². The minimum Gasteiger partial charge on any atom is -0.493 e. The van der Waals surface area contributed by atoms with E-state index in [1.54, 1.807) is 25.3 Å². The van der Waals surface area contributed by atoms with Gasteiger partial charge in [-0.2, -0.15) is 0 Å². The first-order chi connectivity index (χ1) is 16.2. The van der Waals surface area contributed by atoms with E-state index in [1.807, 2.05) is 19.9 Å². The molecule has 1 aromatic carbocycles. The van der Waals surface area contributed by atoms with Gasteiger partial charge < -0.3 is 35.6 Å². The summed E-state index contributed by atoms with van der Waals surface area (Å²) in [5, 5.41) is 23.1. The molecule has 0 spiro atoms. The summed E-state index contributed by atoms with van der Waals surface area (Å²) in [5.41, 5.74) is 6.73. The van der Waals surface area contributed by atoms with Crippen LogP contribution in [0.15, 0.2) is 24.3 Å². The summed E-state index contributed by atoms with van der Waals surface area (Å²) >= 11 is 0. The van der Waals surface area contributed by atoms with Crippen LogP contribution in [0.5, 0.6) is 5.75 Å². The number of nitrogens with two attached hydrogens (primary N) is 1. The summed E-state index contributed by atoms with van der Waals surface area (Å²) in [5.74, 6) is 0.412. The highest BCUT2D eigenvalue weighted by Gasteiger charge is 2.31. The van der Waals surface area contributed by atoms with Crippen molar-refractivity contribution in [1.29, 1.82) is 0 Å². The van der Waals surface area contributed by atoms with Gasteiger partial charge in [0.1, 0.15) is 5.75 Å². The number of methoxy groups -OCH3 is 1. The number of carbonyl (C=O) groups is 2. The molecule has 9 nitrogen and oxygen atoms in total. The number of aliphatic hydroxyl groups excluding tert-OH is 2. The Labute approximate surface area is 214 Å². The predicted octanol–water partition coefficient (Wildman–Crippen LogP) is 1.59. The topological polar surface area (TPSA) is 134 Å². The van der Waals surface area contributed by atoms with Crippen LogP contribution in [0.2, 0.25) is 0 Å². The second-order valence-corrected chi connectivity index (χ2v) is 9.38. The number of β-amino-alcohol motifs (C(OH)–C–C–N with tert-alkyl or cyclic N) is 2. The first-order valence-electron chi connectivity index (χ1n) is 12.1. The smallest absolute Gasteiger partial charge is 0.255 e. The zero-order valence-electron chi connectivity index (χ0n) is 21.0. The molecule has 35 heavy (non-hydrogen) atoms. The lowest BCUT2D eigenvalue weighted by atomic mass is 9.87. The van der Waals surface area contributed by atoms with Gasteiger partial charge in [-0.25, -0.2) is 0 Å². The summed E-state index contributed by atoms with van der Waals surface area (Å²) < 4.78 is 10.9. The molecular weight excluding hydrogens is 474 g/mol.